The molecule has 1 heterocycles. The molecule has 1 aliphatic rings. The van der Waals surface area contributed by atoms with E-state index in [0.717, 1.165) is 81.4 Å². The molecule has 158 valence electrons. The van der Waals surface area contributed by atoms with Crippen molar-refractivity contribution in [2.24, 2.45) is 0 Å². The molecule has 3 rings (SSSR count). The lowest BCUT2D eigenvalue weighted by Crippen LogP contribution is -2.29. The molecule has 6 heteroatoms. The van der Waals surface area contributed by atoms with Gasteiger partial charge in [-0.3, -0.25) is 0 Å². The van der Waals surface area contributed by atoms with Gasteiger partial charge in [0.2, 0.25) is 5.95 Å². The predicted molar refractivity (Wildman–Crippen MR) is 122 cm³/mol. The quantitative estimate of drug-likeness (QED) is 0.489. The fraction of sp³-hybridized carbons (Fsp3) is 0.565. The third-order valence-electron chi connectivity index (χ3n) is 5.32. The highest BCUT2D eigenvalue weighted by Crippen LogP contribution is 2.36. The van der Waals surface area contributed by atoms with Crippen LogP contribution in [0.1, 0.15) is 57.7 Å². The maximum absolute atomic E-state index is 6.62. The highest BCUT2D eigenvalue weighted by molar-refractivity contribution is 6.33. The van der Waals surface area contributed by atoms with Crippen molar-refractivity contribution in [2.45, 2.75) is 59.3 Å². The average Bonchev–Trinajstić information content (AvgIpc) is 3.20. The minimum atomic E-state index is 0.655. The molecule has 0 unspecified atom stereocenters. The summed E-state index contributed by atoms with van der Waals surface area (Å²) >= 11 is 6.62. The van der Waals surface area contributed by atoms with Gasteiger partial charge in [-0.2, -0.15) is 4.98 Å². The molecule has 1 aromatic carbocycles. The summed E-state index contributed by atoms with van der Waals surface area (Å²) in [6.07, 6.45) is 6.45. The maximum Gasteiger partial charge on any atom is 0.232 e. The number of aromatic nitrogens is 2. The normalized spacial score (nSPS) is 12.7. The fourth-order valence-corrected chi connectivity index (χ4v) is 4.30. The zero-order valence-electron chi connectivity index (χ0n) is 18.2. The van der Waals surface area contributed by atoms with Crippen LogP contribution in [0.5, 0.6) is 5.75 Å². The van der Waals surface area contributed by atoms with Crippen LogP contribution in [0.2, 0.25) is 5.02 Å². The predicted octanol–water partition coefficient (Wildman–Crippen LogP) is 5.80. The number of rotatable bonds is 10. The molecule has 0 fully saturated rings. The molecule has 0 N–H and O–H groups in total. The molecule has 0 saturated heterocycles. The molecule has 1 aromatic heterocycles. The highest BCUT2D eigenvalue weighted by Gasteiger charge is 2.25. The van der Waals surface area contributed by atoms with Crippen molar-refractivity contribution < 1.29 is 4.74 Å². The van der Waals surface area contributed by atoms with Crippen LogP contribution in [0.25, 0.3) is 0 Å². The minimum absolute atomic E-state index is 0.655. The molecule has 5 nitrogen and oxygen atoms in total. The molecule has 1 aliphatic carbocycles. The standard InChI is InChI=1S/C23H33ClN4O/c1-5-13-27(14-6-2)22-18-9-8-10-20(18)25-23(26-22)28(15-7-3)21-12-11-17(29-4)16-19(21)24/h11-12,16H,5-10,13-15H2,1-4H3. The molecule has 0 atom stereocenters. The number of methoxy groups -OCH3 is 1. The Labute approximate surface area is 180 Å². The van der Waals surface area contributed by atoms with Gasteiger partial charge in [0.05, 0.1) is 23.5 Å². The van der Waals surface area contributed by atoms with Crippen LogP contribution in [-0.4, -0.2) is 36.7 Å². The topological polar surface area (TPSA) is 41.5 Å². The Morgan fingerprint density at radius 1 is 1.00 bits per heavy atom. The van der Waals surface area contributed by atoms with E-state index in [-0.39, 0.29) is 0 Å². The summed E-state index contributed by atoms with van der Waals surface area (Å²) in [4.78, 5) is 14.7. The Morgan fingerprint density at radius 3 is 2.34 bits per heavy atom. The van der Waals surface area contributed by atoms with Crippen LogP contribution in [0, 0.1) is 0 Å². The first-order valence-corrected chi connectivity index (χ1v) is 11.3. The second-order valence-corrected chi connectivity index (χ2v) is 7.99. The van der Waals surface area contributed by atoms with Crippen LogP contribution in [0.3, 0.4) is 0 Å². The summed E-state index contributed by atoms with van der Waals surface area (Å²) in [5.41, 5.74) is 3.47. The van der Waals surface area contributed by atoms with E-state index in [4.69, 9.17) is 26.3 Å². The lowest BCUT2D eigenvalue weighted by molar-refractivity contribution is 0.415. The van der Waals surface area contributed by atoms with Gasteiger partial charge in [0.25, 0.3) is 0 Å². The average molecular weight is 417 g/mol. The zero-order valence-corrected chi connectivity index (χ0v) is 18.9. The van der Waals surface area contributed by atoms with Gasteiger partial charge >= 0.3 is 0 Å². The molecular formula is C23H33ClN4O. The molecule has 29 heavy (non-hydrogen) atoms. The van der Waals surface area contributed by atoms with Gasteiger partial charge in [-0.15, -0.1) is 0 Å². The number of fused-ring (bicyclic) bond motifs is 1. The zero-order chi connectivity index (χ0) is 20.8. The first kappa shape index (κ1) is 21.7. The molecule has 0 aliphatic heterocycles. The SMILES string of the molecule is CCCN(CCC)c1nc(N(CCC)c2ccc(OC)cc2Cl)nc2c1CCC2. The van der Waals surface area contributed by atoms with E-state index in [9.17, 15) is 0 Å². The van der Waals surface area contributed by atoms with Crippen LogP contribution >= 0.6 is 11.6 Å². The number of nitrogens with zero attached hydrogens (tertiary/aromatic N) is 4. The van der Waals surface area contributed by atoms with Crippen molar-refractivity contribution in [1.29, 1.82) is 0 Å². The second-order valence-electron chi connectivity index (χ2n) is 7.58. The van der Waals surface area contributed by atoms with Crippen molar-refractivity contribution >= 4 is 29.1 Å². The van der Waals surface area contributed by atoms with E-state index in [1.54, 1.807) is 7.11 Å². The Hall–Kier alpha value is -2.01. The van der Waals surface area contributed by atoms with Gasteiger partial charge in [-0.05, 0) is 50.7 Å². The number of hydrogen-bond donors (Lipinski definition) is 0. The van der Waals surface area contributed by atoms with Crippen molar-refractivity contribution in [2.75, 3.05) is 36.5 Å². The van der Waals surface area contributed by atoms with Crippen molar-refractivity contribution in [3.8, 4) is 5.75 Å². The van der Waals surface area contributed by atoms with Gasteiger partial charge in [0.15, 0.2) is 0 Å². The Balaban J connectivity index is 2.08. The lowest BCUT2D eigenvalue weighted by Gasteiger charge is -2.29. The summed E-state index contributed by atoms with van der Waals surface area (Å²) in [6.45, 7) is 9.48. The van der Waals surface area contributed by atoms with E-state index in [2.05, 4.69) is 30.6 Å². The van der Waals surface area contributed by atoms with E-state index in [1.165, 1.54) is 11.3 Å². The highest BCUT2D eigenvalue weighted by atomic mass is 35.5. The largest absolute Gasteiger partial charge is 0.497 e. The van der Waals surface area contributed by atoms with Crippen LogP contribution in [0.4, 0.5) is 17.5 Å². The second kappa shape index (κ2) is 10.1. The molecule has 0 amide bonds. The summed E-state index contributed by atoms with van der Waals surface area (Å²) in [6, 6.07) is 5.80. The van der Waals surface area contributed by atoms with Gasteiger partial charge in [0.1, 0.15) is 11.6 Å². The van der Waals surface area contributed by atoms with Crippen molar-refractivity contribution in [3.05, 3.63) is 34.5 Å². The molecular weight excluding hydrogens is 384 g/mol. The number of anilines is 3. The smallest absolute Gasteiger partial charge is 0.232 e. The number of benzene rings is 1. The Bertz CT molecular complexity index is 821. The maximum atomic E-state index is 6.62. The molecule has 0 bridgehead atoms. The van der Waals surface area contributed by atoms with Gasteiger partial charge < -0.3 is 14.5 Å². The third kappa shape index (κ3) is 4.77. The van der Waals surface area contributed by atoms with E-state index >= 15 is 0 Å². The number of ether oxygens (including phenoxy) is 1. The van der Waals surface area contributed by atoms with Crippen molar-refractivity contribution in [3.63, 3.8) is 0 Å². The van der Waals surface area contributed by atoms with Gasteiger partial charge in [-0.25, -0.2) is 4.98 Å². The van der Waals surface area contributed by atoms with E-state index < -0.39 is 0 Å². The molecule has 0 spiro atoms. The first-order chi connectivity index (χ1) is 14.1. The molecule has 0 radical (unpaired) electrons. The monoisotopic (exact) mass is 416 g/mol. The Kier molecular flexibility index (Phi) is 7.59. The number of aryl methyl sites for hydroxylation is 1. The van der Waals surface area contributed by atoms with Crippen molar-refractivity contribution in [1.82, 2.24) is 9.97 Å². The van der Waals surface area contributed by atoms with Gasteiger partial charge in [0, 0.05) is 31.3 Å². The molecule has 2 aromatic rings. The molecule has 0 saturated carbocycles. The minimum Gasteiger partial charge on any atom is -0.497 e. The summed E-state index contributed by atoms with van der Waals surface area (Å²) in [5.74, 6) is 2.63. The van der Waals surface area contributed by atoms with Gasteiger partial charge in [-0.1, -0.05) is 32.4 Å². The lowest BCUT2D eigenvalue weighted by atomic mass is 10.2. The summed E-state index contributed by atoms with van der Waals surface area (Å²) in [5, 5.41) is 0.655. The van der Waals surface area contributed by atoms with E-state index in [1.807, 2.05) is 18.2 Å². The summed E-state index contributed by atoms with van der Waals surface area (Å²) < 4.78 is 5.32. The summed E-state index contributed by atoms with van der Waals surface area (Å²) in [7, 11) is 1.65. The first-order valence-electron chi connectivity index (χ1n) is 10.9. The fourth-order valence-electron chi connectivity index (χ4n) is 4.03. The number of hydrogen-bond acceptors (Lipinski definition) is 5. The third-order valence-corrected chi connectivity index (χ3v) is 5.62. The van der Waals surface area contributed by atoms with Crippen LogP contribution < -0.4 is 14.5 Å². The van der Waals surface area contributed by atoms with Crippen LogP contribution in [-0.2, 0) is 12.8 Å². The number of halogens is 1. The van der Waals surface area contributed by atoms with Crippen LogP contribution in [0.15, 0.2) is 18.2 Å². The Morgan fingerprint density at radius 2 is 1.72 bits per heavy atom. The van der Waals surface area contributed by atoms with E-state index in [0.29, 0.717) is 5.02 Å².